The van der Waals surface area contributed by atoms with Crippen LogP contribution in [-0.4, -0.2) is 50.6 Å². The minimum atomic E-state index is -1.33. The molecule has 0 aliphatic rings. The zero-order valence-corrected chi connectivity index (χ0v) is 10.7. The van der Waals surface area contributed by atoms with Crippen molar-refractivity contribution in [2.75, 3.05) is 6.54 Å². The van der Waals surface area contributed by atoms with Crippen LogP contribution in [0.5, 0.6) is 0 Å². The topological polar surface area (TPSA) is 152 Å². The van der Waals surface area contributed by atoms with E-state index in [1.54, 1.807) is 17.1 Å². The molecule has 1 aromatic rings. The summed E-state index contributed by atoms with van der Waals surface area (Å²) in [6.45, 7) is 0.901. The number of carbonyl (C=O) groups is 3. The predicted octanol–water partition coefficient (Wildman–Crippen LogP) is -1.70. The van der Waals surface area contributed by atoms with E-state index in [-0.39, 0.29) is 0 Å². The van der Waals surface area contributed by atoms with Crippen LogP contribution < -0.4 is 16.4 Å². The number of hydrogen-bond donors (Lipinski definition) is 4. The maximum Gasteiger partial charge on any atom is 0.326 e. The lowest BCUT2D eigenvalue weighted by molar-refractivity contribution is -0.140. The molecule has 0 spiro atoms. The molecule has 1 heterocycles. The molecule has 1 rings (SSSR count). The summed E-state index contributed by atoms with van der Waals surface area (Å²) in [5.41, 5.74) is 4.89. The van der Waals surface area contributed by atoms with Gasteiger partial charge in [-0.25, -0.2) is 9.59 Å². The molecule has 10 heteroatoms. The van der Waals surface area contributed by atoms with Crippen molar-refractivity contribution in [2.24, 2.45) is 5.73 Å². The summed E-state index contributed by atoms with van der Waals surface area (Å²) in [6.07, 6.45) is 3.38. The highest BCUT2D eigenvalue weighted by Crippen LogP contribution is 1.92. The summed E-state index contributed by atoms with van der Waals surface area (Å²) in [6, 6.07) is -2.00. The number of nitrogens with one attached hydrogen (secondary N) is 2. The number of primary amides is 1. The smallest absolute Gasteiger partial charge is 0.326 e. The zero-order valence-electron chi connectivity index (χ0n) is 10.7. The minimum absolute atomic E-state index is 0.328. The van der Waals surface area contributed by atoms with E-state index in [2.05, 4.69) is 20.9 Å². The highest BCUT2D eigenvalue weighted by molar-refractivity contribution is 5.87. The molecule has 5 N–H and O–H groups in total. The van der Waals surface area contributed by atoms with Gasteiger partial charge >= 0.3 is 12.0 Å². The number of carbonyl (C=O) groups excluding carboxylic acids is 2. The number of hydrogen-bond acceptors (Lipinski definition) is 5. The van der Waals surface area contributed by atoms with Crippen molar-refractivity contribution in [3.8, 4) is 0 Å². The second kappa shape index (κ2) is 7.71. The molecule has 0 aliphatic heterocycles. The highest BCUT2D eigenvalue weighted by Gasteiger charge is 2.21. The molecule has 0 aliphatic carbocycles. The van der Waals surface area contributed by atoms with Gasteiger partial charge in [-0.15, -0.1) is 5.10 Å². The van der Waals surface area contributed by atoms with Gasteiger partial charge in [-0.05, 0) is 6.42 Å². The Bertz CT molecular complexity index is 460. The van der Waals surface area contributed by atoms with Crippen LogP contribution in [-0.2, 0) is 16.1 Å². The Labute approximate surface area is 114 Å². The van der Waals surface area contributed by atoms with E-state index in [4.69, 9.17) is 10.8 Å². The maximum absolute atomic E-state index is 11.4. The summed E-state index contributed by atoms with van der Waals surface area (Å²) in [7, 11) is 0. The van der Waals surface area contributed by atoms with Gasteiger partial charge in [0.2, 0.25) is 5.91 Å². The van der Waals surface area contributed by atoms with Crippen molar-refractivity contribution < 1.29 is 19.5 Å². The van der Waals surface area contributed by atoms with Gasteiger partial charge in [0.05, 0.1) is 12.6 Å². The number of aryl methyl sites for hydroxylation is 1. The molecule has 0 bridgehead atoms. The van der Waals surface area contributed by atoms with Gasteiger partial charge in [-0.3, -0.25) is 9.48 Å². The Kier molecular flexibility index (Phi) is 5.94. The molecule has 0 unspecified atom stereocenters. The summed E-state index contributed by atoms with van der Waals surface area (Å²) in [5, 5.41) is 20.8. The summed E-state index contributed by atoms with van der Waals surface area (Å²) < 4.78 is 1.60. The Balaban J connectivity index is 2.24. The third kappa shape index (κ3) is 5.80. The predicted molar refractivity (Wildman–Crippen MR) is 66.4 cm³/mol. The number of carboxylic acid groups (broad SMARTS) is 1. The first kappa shape index (κ1) is 15.4. The molecular formula is C10H16N6O4. The van der Waals surface area contributed by atoms with E-state index in [9.17, 15) is 14.4 Å². The molecule has 1 atom stereocenters. The Hall–Kier alpha value is -2.65. The SMILES string of the molecule is NC(=O)C[C@@H](NC(=O)NCCCn1ccnn1)C(=O)O. The van der Waals surface area contributed by atoms with Crippen molar-refractivity contribution in [1.82, 2.24) is 25.6 Å². The molecule has 0 fully saturated rings. The first-order chi connectivity index (χ1) is 9.49. The van der Waals surface area contributed by atoms with Crippen molar-refractivity contribution in [3.63, 3.8) is 0 Å². The van der Waals surface area contributed by atoms with Gasteiger partial charge in [0, 0.05) is 19.3 Å². The number of aliphatic carboxylic acids is 1. The Morgan fingerprint density at radius 2 is 2.15 bits per heavy atom. The van der Waals surface area contributed by atoms with Gasteiger partial charge in [0.15, 0.2) is 0 Å². The van der Waals surface area contributed by atoms with Crippen molar-refractivity contribution in [3.05, 3.63) is 12.4 Å². The number of rotatable bonds is 8. The van der Waals surface area contributed by atoms with Crippen LogP contribution in [0.3, 0.4) is 0 Å². The summed E-state index contributed by atoms with van der Waals surface area (Å²) in [4.78, 5) is 32.9. The quantitative estimate of drug-likeness (QED) is 0.417. The second-order valence-corrected chi connectivity index (χ2v) is 3.98. The first-order valence-corrected chi connectivity index (χ1v) is 5.88. The summed E-state index contributed by atoms with van der Waals surface area (Å²) in [5.74, 6) is -2.12. The summed E-state index contributed by atoms with van der Waals surface area (Å²) >= 11 is 0. The van der Waals surface area contributed by atoms with Crippen LogP contribution in [0.25, 0.3) is 0 Å². The number of nitrogens with two attached hydrogens (primary N) is 1. The van der Waals surface area contributed by atoms with Crippen LogP contribution >= 0.6 is 0 Å². The van der Waals surface area contributed by atoms with Gasteiger partial charge in [0.25, 0.3) is 0 Å². The second-order valence-electron chi connectivity index (χ2n) is 3.98. The minimum Gasteiger partial charge on any atom is -0.480 e. The molecule has 1 aromatic heterocycles. The van der Waals surface area contributed by atoms with E-state index < -0.39 is 30.4 Å². The monoisotopic (exact) mass is 284 g/mol. The fourth-order valence-electron chi connectivity index (χ4n) is 1.41. The number of amides is 3. The highest BCUT2D eigenvalue weighted by atomic mass is 16.4. The van der Waals surface area contributed by atoms with Gasteiger partial charge in [-0.1, -0.05) is 5.21 Å². The van der Waals surface area contributed by atoms with Crippen LogP contribution in [0.2, 0.25) is 0 Å². The lowest BCUT2D eigenvalue weighted by Crippen LogP contribution is -2.47. The lowest BCUT2D eigenvalue weighted by Gasteiger charge is -2.13. The van der Waals surface area contributed by atoms with Crippen molar-refractivity contribution >= 4 is 17.9 Å². The average Bonchev–Trinajstić information content (AvgIpc) is 2.86. The molecular weight excluding hydrogens is 268 g/mol. The molecule has 0 aromatic carbocycles. The van der Waals surface area contributed by atoms with E-state index in [1.165, 1.54) is 0 Å². The molecule has 0 saturated carbocycles. The van der Waals surface area contributed by atoms with Gasteiger partial charge in [-0.2, -0.15) is 0 Å². The third-order valence-corrected chi connectivity index (χ3v) is 2.33. The molecule has 0 radical (unpaired) electrons. The van der Waals surface area contributed by atoms with Crippen LogP contribution in [0.4, 0.5) is 4.79 Å². The largest absolute Gasteiger partial charge is 0.480 e. The zero-order chi connectivity index (χ0) is 15.0. The molecule has 20 heavy (non-hydrogen) atoms. The number of carboxylic acids is 1. The fraction of sp³-hybridized carbons (Fsp3) is 0.500. The molecule has 110 valence electrons. The maximum atomic E-state index is 11.4. The van der Waals surface area contributed by atoms with Crippen LogP contribution in [0.1, 0.15) is 12.8 Å². The van der Waals surface area contributed by atoms with Crippen LogP contribution in [0, 0.1) is 0 Å². The van der Waals surface area contributed by atoms with Gasteiger partial charge in [0.1, 0.15) is 6.04 Å². The van der Waals surface area contributed by atoms with Crippen molar-refractivity contribution in [2.45, 2.75) is 25.4 Å². The number of nitrogens with zero attached hydrogens (tertiary/aromatic N) is 3. The van der Waals surface area contributed by atoms with Gasteiger partial charge < -0.3 is 21.5 Å². The number of aromatic nitrogens is 3. The molecule has 10 nitrogen and oxygen atoms in total. The lowest BCUT2D eigenvalue weighted by atomic mass is 10.2. The Morgan fingerprint density at radius 3 is 2.70 bits per heavy atom. The van der Waals surface area contributed by atoms with Crippen LogP contribution in [0.15, 0.2) is 12.4 Å². The molecule has 0 saturated heterocycles. The number of urea groups is 1. The molecule has 3 amide bonds. The van der Waals surface area contributed by atoms with E-state index in [0.717, 1.165) is 0 Å². The standard InChI is InChI=1S/C10H16N6O4/c11-8(17)6-7(9(18)19)14-10(20)12-2-1-4-16-5-3-13-15-16/h3,5,7H,1-2,4,6H2,(H2,11,17)(H,18,19)(H2,12,14,20)/t7-/m1/s1. The fourth-order valence-corrected chi connectivity index (χ4v) is 1.41. The van der Waals surface area contributed by atoms with E-state index in [1.807, 2.05) is 0 Å². The third-order valence-electron chi connectivity index (χ3n) is 2.33. The normalized spacial score (nSPS) is 11.6. The van der Waals surface area contributed by atoms with E-state index >= 15 is 0 Å². The Morgan fingerprint density at radius 1 is 1.40 bits per heavy atom. The first-order valence-electron chi connectivity index (χ1n) is 5.88. The average molecular weight is 284 g/mol. The van der Waals surface area contributed by atoms with Crippen molar-refractivity contribution in [1.29, 1.82) is 0 Å². The van der Waals surface area contributed by atoms with E-state index in [0.29, 0.717) is 19.5 Å².